The van der Waals surface area contributed by atoms with Gasteiger partial charge in [-0.2, -0.15) is 13.2 Å². The van der Waals surface area contributed by atoms with Gasteiger partial charge in [0, 0.05) is 13.1 Å². The van der Waals surface area contributed by atoms with Crippen molar-refractivity contribution in [1.82, 2.24) is 10.3 Å². The van der Waals surface area contributed by atoms with Crippen LogP contribution in [0.5, 0.6) is 5.19 Å². The van der Waals surface area contributed by atoms with E-state index in [-0.39, 0.29) is 6.10 Å². The summed E-state index contributed by atoms with van der Waals surface area (Å²) in [4.78, 5) is 24.0. The Bertz CT molecular complexity index is 487. The van der Waals surface area contributed by atoms with Gasteiger partial charge in [-0.05, 0) is 0 Å². The van der Waals surface area contributed by atoms with E-state index in [1.165, 1.54) is 17.5 Å². The normalized spacial score (nSPS) is 14.8. The number of thiazole rings is 1. The molecule has 20 heavy (non-hydrogen) atoms. The molecule has 7 nitrogen and oxygen atoms in total. The number of aromatic nitrogens is 1. The first kappa shape index (κ1) is 16.2. The third kappa shape index (κ3) is 5.01. The molecule has 2 rings (SSSR count). The van der Waals surface area contributed by atoms with Crippen LogP contribution in [0.15, 0.2) is 6.20 Å². The Morgan fingerprint density at radius 3 is 2.35 bits per heavy atom. The topological polar surface area (TPSA) is 115 Å². The Kier molecular flexibility index (Phi) is 5.27. The molecule has 0 unspecified atom stereocenters. The van der Waals surface area contributed by atoms with Gasteiger partial charge >= 0.3 is 12.1 Å². The van der Waals surface area contributed by atoms with Gasteiger partial charge in [-0.1, -0.05) is 11.3 Å². The van der Waals surface area contributed by atoms with E-state index in [0.29, 0.717) is 10.1 Å². The van der Waals surface area contributed by atoms with E-state index in [9.17, 15) is 18.0 Å². The average molecular weight is 313 g/mol. The molecule has 0 aliphatic carbocycles. The SMILES string of the molecule is NC(=O)c1cnc(OC2CNC2)s1.O=C(O)C(F)(F)F. The quantitative estimate of drug-likeness (QED) is 0.736. The number of nitrogens with one attached hydrogen (secondary N) is 1. The Balaban J connectivity index is 0.000000246. The summed E-state index contributed by atoms with van der Waals surface area (Å²) in [7, 11) is 0. The molecule has 1 aliphatic rings. The van der Waals surface area contributed by atoms with Crippen LogP contribution in [-0.4, -0.2) is 47.3 Å². The molecule has 4 N–H and O–H groups in total. The smallest absolute Gasteiger partial charge is 0.475 e. The Hall–Kier alpha value is -1.88. The number of carbonyl (C=O) groups is 2. The first-order valence-electron chi connectivity index (χ1n) is 5.13. The molecule has 0 spiro atoms. The van der Waals surface area contributed by atoms with Crippen molar-refractivity contribution in [2.24, 2.45) is 5.73 Å². The van der Waals surface area contributed by atoms with Gasteiger partial charge in [0.15, 0.2) is 0 Å². The summed E-state index contributed by atoms with van der Waals surface area (Å²) in [6.07, 6.45) is -3.46. The maximum absolute atomic E-state index is 10.7. The van der Waals surface area contributed by atoms with Gasteiger partial charge < -0.3 is 20.9 Å². The van der Waals surface area contributed by atoms with Crippen molar-refractivity contribution in [3.63, 3.8) is 0 Å². The van der Waals surface area contributed by atoms with E-state index >= 15 is 0 Å². The van der Waals surface area contributed by atoms with Gasteiger partial charge in [0.25, 0.3) is 11.1 Å². The summed E-state index contributed by atoms with van der Waals surface area (Å²) >= 11 is 1.18. The van der Waals surface area contributed by atoms with Gasteiger partial charge in [-0.15, -0.1) is 0 Å². The Morgan fingerprint density at radius 2 is 2.05 bits per heavy atom. The number of amides is 1. The predicted molar refractivity (Wildman–Crippen MR) is 61.6 cm³/mol. The van der Waals surface area contributed by atoms with Crippen LogP contribution < -0.4 is 15.8 Å². The lowest BCUT2D eigenvalue weighted by molar-refractivity contribution is -0.192. The highest BCUT2D eigenvalue weighted by atomic mass is 32.1. The molecule has 2 heterocycles. The summed E-state index contributed by atoms with van der Waals surface area (Å²) in [5.41, 5.74) is 5.07. The number of halogens is 3. The lowest BCUT2D eigenvalue weighted by atomic mass is 10.2. The van der Waals surface area contributed by atoms with Gasteiger partial charge in [-0.3, -0.25) is 4.79 Å². The van der Waals surface area contributed by atoms with Gasteiger partial charge in [0.05, 0.1) is 6.20 Å². The molecule has 0 atom stereocenters. The second kappa shape index (κ2) is 6.52. The number of carboxylic acids is 1. The van der Waals surface area contributed by atoms with Crippen LogP contribution in [0.4, 0.5) is 13.2 Å². The molecule has 11 heteroatoms. The molecule has 1 saturated heterocycles. The van der Waals surface area contributed by atoms with Gasteiger partial charge in [0.1, 0.15) is 11.0 Å². The third-order valence-electron chi connectivity index (χ3n) is 1.98. The van der Waals surface area contributed by atoms with Crippen molar-refractivity contribution in [3.8, 4) is 5.19 Å². The summed E-state index contributed by atoms with van der Waals surface area (Å²) in [6, 6.07) is 0. The maximum atomic E-state index is 10.7. The van der Waals surface area contributed by atoms with E-state index in [2.05, 4.69) is 10.3 Å². The number of carbonyl (C=O) groups excluding carboxylic acids is 1. The fourth-order valence-electron chi connectivity index (χ4n) is 0.915. The zero-order valence-corrected chi connectivity index (χ0v) is 10.6. The van der Waals surface area contributed by atoms with E-state index < -0.39 is 18.1 Å². The summed E-state index contributed by atoms with van der Waals surface area (Å²) in [6.45, 7) is 1.68. The van der Waals surface area contributed by atoms with Crippen molar-refractivity contribution < 1.29 is 32.6 Å². The number of nitrogens with zero attached hydrogens (tertiary/aromatic N) is 1. The van der Waals surface area contributed by atoms with E-state index in [1.54, 1.807) is 0 Å². The third-order valence-corrected chi connectivity index (χ3v) is 2.88. The van der Waals surface area contributed by atoms with Crippen LogP contribution in [0.2, 0.25) is 0 Å². The zero-order chi connectivity index (χ0) is 15.3. The molecule has 0 saturated carbocycles. The predicted octanol–water partition coefficient (Wildman–Crippen LogP) is 0.226. The standard InChI is InChI=1S/C7H9N3O2S.C2HF3O2/c8-6(11)5-3-10-7(13-5)12-4-1-9-2-4;3-2(4,5)1(6)7/h3-4,9H,1-2H2,(H2,8,11);(H,6,7). The highest BCUT2D eigenvalue weighted by Gasteiger charge is 2.38. The highest BCUT2D eigenvalue weighted by molar-refractivity contribution is 7.15. The molecular weight excluding hydrogens is 303 g/mol. The number of nitrogens with two attached hydrogens (primary N) is 1. The van der Waals surface area contributed by atoms with E-state index in [0.717, 1.165) is 13.1 Å². The second-order valence-electron chi connectivity index (χ2n) is 3.56. The molecule has 0 radical (unpaired) electrons. The molecule has 1 aromatic rings. The molecular formula is C9H10F3N3O4S. The number of rotatable bonds is 3. The fraction of sp³-hybridized carbons (Fsp3) is 0.444. The van der Waals surface area contributed by atoms with Gasteiger partial charge in [0.2, 0.25) is 0 Å². The number of carboxylic acid groups (broad SMARTS) is 1. The van der Waals surface area contributed by atoms with E-state index in [4.69, 9.17) is 20.4 Å². The number of aliphatic carboxylic acids is 1. The molecule has 1 aliphatic heterocycles. The van der Waals surface area contributed by atoms with Crippen LogP contribution in [0.3, 0.4) is 0 Å². The Morgan fingerprint density at radius 1 is 1.50 bits per heavy atom. The molecule has 1 fully saturated rings. The lowest BCUT2D eigenvalue weighted by Crippen LogP contribution is -2.50. The monoisotopic (exact) mass is 313 g/mol. The summed E-state index contributed by atoms with van der Waals surface area (Å²) in [5.74, 6) is -3.22. The molecule has 0 aromatic carbocycles. The molecule has 1 amide bonds. The van der Waals surface area contributed by atoms with Crippen LogP contribution in [0, 0.1) is 0 Å². The van der Waals surface area contributed by atoms with E-state index in [1.807, 2.05) is 0 Å². The number of primary amides is 1. The minimum atomic E-state index is -5.08. The second-order valence-corrected chi connectivity index (χ2v) is 4.55. The Labute approximate surface area is 114 Å². The molecule has 0 bridgehead atoms. The van der Waals surface area contributed by atoms with Crippen LogP contribution in [-0.2, 0) is 4.79 Å². The van der Waals surface area contributed by atoms with Crippen molar-refractivity contribution >= 4 is 23.2 Å². The van der Waals surface area contributed by atoms with Crippen molar-refractivity contribution in [1.29, 1.82) is 0 Å². The zero-order valence-electron chi connectivity index (χ0n) is 9.81. The number of ether oxygens (including phenoxy) is 1. The number of hydrogen-bond acceptors (Lipinski definition) is 6. The van der Waals surface area contributed by atoms with Crippen molar-refractivity contribution in [3.05, 3.63) is 11.1 Å². The summed E-state index contributed by atoms with van der Waals surface area (Å²) < 4.78 is 37.2. The maximum Gasteiger partial charge on any atom is 0.490 e. The van der Waals surface area contributed by atoms with Crippen LogP contribution in [0.1, 0.15) is 9.67 Å². The number of alkyl halides is 3. The number of hydrogen-bond donors (Lipinski definition) is 3. The van der Waals surface area contributed by atoms with Crippen LogP contribution in [0.25, 0.3) is 0 Å². The summed E-state index contributed by atoms with van der Waals surface area (Å²) in [5, 5.41) is 10.7. The average Bonchev–Trinajstić information content (AvgIpc) is 2.71. The minimum absolute atomic E-state index is 0.187. The molecule has 1 aromatic heterocycles. The molecule has 112 valence electrons. The van der Waals surface area contributed by atoms with Crippen molar-refractivity contribution in [2.45, 2.75) is 12.3 Å². The van der Waals surface area contributed by atoms with Gasteiger partial charge in [-0.25, -0.2) is 9.78 Å². The first-order valence-corrected chi connectivity index (χ1v) is 5.95. The lowest BCUT2D eigenvalue weighted by Gasteiger charge is -2.26. The minimum Gasteiger partial charge on any atom is -0.475 e. The highest BCUT2D eigenvalue weighted by Crippen LogP contribution is 2.21. The largest absolute Gasteiger partial charge is 0.490 e. The van der Waals surface area contributed by atoms with Crippen LogP contribution >= 0.6 is 11.3 Å². The fourth-order valence-corrected chi connectivity index (χ4v) is 1.60. The first-order chi connectivity index (χ1) is 9.20. The van der Waals surface area contributed by atoms with Crippen molar-refractivity contribution in [2.75, 3.05) is 13.1 Å².